The van der Waals surface area contributed by atoms with Crippen molar-refractivity contribution in [1.82, 2.24) is 19.6 Å². The number of rotatable bonds is 9. The van der Waals surface area contributed by atoms with Gasteiger partial charge in [0.1, 0.15) is 23.7 Å². The highest BCUT2D eigenvalue weighted by atomic mass is 32.2. The fraction of sp³-hybridized carbons (Fsp3) is 0.440. The molecule has 1 amide bonds. The van der Waals surface area contributed by atoms with Gasteiger partial charge in [-0.2, -0.15) is 4.72 Å². The molecule has 0 radical (unpaired) electrons. The molecule has 4 heterocycles. The molecule has 226 valence electrons. The SMILES string of the molecule is COC(=O)[C@@H](Cc1cc2ccnc(N)c2cc1OC(F)(F)F)N1CC[C@H](NS(=O)(=O)c2cnc(N3CCCC3)s2)C1=O. The van der Waals surface area contributed by atoms with E-state index in [0.29, 0.717) is 10.5 Å². The lowest BCUT2D eigenvalue weighted by atomic mass is 10.00. The molecule has 0 spiro atoms. The number of esters is 1. The summed E-state index contributed by atoms with van der Waals surface area (Å²) in [5.41, 5.74) is 5.79. The van der Waals surface area contributed by atoms with E-state index in [1.54, 1.807) is 0 Å². The third-order valence-corrected chi connectivity index (χ3v) is 10.1. The minimum atomic E-state index is -5.06. The average molecular weight is 629 g/mol. The van der Waals surface area contributed by atoms with Gasteiger partial charge in [-0.3, -0.25) is 4.79 Å². The number of carbonyl (C=O) groups excluding carboxylic acids is 2. The molecular weight excluding hydrogens is 601 g/mol. The summed E-state index contributed by atoms with van der Waals surface area (Å²) in [6.45, 7) is 1.51. The predicted molar refractivity (Wildman–Crippen MR) is 146 cm³/mol. The number of ether oxygens (including phenoxy) is 2. The predicted octanol–water partition coefficient (Wildman–Crippen LogP) is 2.44. The van der Waals surface area contributed by atoms with Gasteiger partial charge in [-0.25, -0.2) is 23.2 Å². The highest BCUT2D eigenvalue weighted by molar-refractivity contribution is 7.91. The second-order valence-corrected chi connectivity index (χ2v) is 12.8. The number of benzene rings is 1. The number of nitrogens with zero attached hydrogens (tertiary/aromatic N) is 4. The summed E-state index contributed by atoms with van der Waals surface area (Å²) in [6, 6.07) is 1.40. The quantitative estimate of drug-likeness (QED) is 0.338. The van der Waals surface area contributed by atoms with Crippen LogP contribution in [0.3, 0.4) is 0 Å². The van der Waals surface area contributed by atoms with Crippen LogP contribution in [0.4, 0.5) is 24.1 Å². The van der Waals surface area contributed by atoms with Crippen molar-refractivity contribution in [3.8, 4) is 5.75 Å². The number of nitrogen functional groups attached to an aromatic ring is 1. The number of nitrogens with two attached hydrogens (primary N) is 1. The molecule has 17 heteroatoms. The number of anilines is 2. The first-order chi connectivity index (χ1) is 19.9. The van der Waals surface area contributed by atoms with Crippen LogP contribution in [0.5, 0.6) is 5.75 Å². The molecule has 2 atom stereocenters. The molecule has 1 aromatic carbocycles. The van der Waals surface area contributed by atoms with E-state index in [2.05, 4.69) is 19.4 Å². The molecule has 2 fully saturated rings. The maximum absolute atomic E-state index is 13.4. The summed E-state index contributed by atoms with van der Waals surface area (Å²) in [7, 11) is -3.04. The molecule has 0 aliphatic carbocycles. The molecular formula is C25H27F3N6O6S2. The van der Waals surface area contributed by atoms with Gasteiger partial charge in [0.25, 0.3) is 10.0 Å². The largest absolute Gasteiger partial charge is 0.573 e. The molecule has 0 unspecified atom stereocenters. The highest BCUT2D eigenvalue weighted by Crippen LogP contribution is 2.35. The number of sulfonamides is 1. The second-order valence-electron chi connectivity index (χ2n) is 9.82. The van der Waals surface area contributed by atoms with Crippen LogP contribution >= 0.6 is 11.3 Å². The second kappa shape index (κ2) is 11.5. The van der Waals surface area contributed by atoms with Crippen molar-refractivity contribution >= 4 is 55.0 Å². The van der Waals surface area contributed by atoms with E-state index in [4.69, 9.17) is 10.5 Å². The Hall–Kier alpha value is -3.70. The maximum atomic E-state index is 13.4. The summed E-state index contributed by atoms with van der Waals surface area (Å²) in [6.07, 6.45) is -0.854. The zero-order valence-corrected chi connectivity index (χ0v) is 23.9. The first-order valence-corrected chi connectivity index (χ1v) is 15.2. The third-order valence-electron chi connectivity index (χ3n) is 7.12. The van der Waals surface area contributed by atoms with Crippen LogP contribution in [-0.4, -0.2) is 80.4 Å². The number of halogens is 3. The molecule has 0 bridgehead atoms. The maximum Gasteiger partial charge on any atom is 0.573 e. The van der Waals surface area contributed by atoms with E-state index >= 15 is 0 Å². The van der Waals surface area contributed by atoms with Crippen molar-refractivity contribution in [2.75, 3.05) is 37.4 Å². The van der Waals surface area contributed by atoms with Crippen molar-refractivity contribution in [1.29, 1.82) is 0 Å². The van der Waals surface area contributed by atoms with E-state index < -0.39 is 52.5 Å². The number of hydrogen-bond acceptors (Lipinski definition) is 11. The molecule has 42 heavy (non-hydrogen) atoms. The summed E-state index contributed by atoms with van der Waals surface area (Å²) in [5.74, 6) is -2.25. The van der Waals surface area contributed by atoms with Crippen LogP contribution in [-0.2, 0) is 30.8 Å². The Morgan fingerprint density at radius 1 is 1.24 bits per heavy atom. The number of methoxy groups -OCH3 is 1. The van der Waals surface area contributed by atoms with Gasteiger partial charge in [-0.15, -0.1) is 13.2 Å². The molecule has 3 N–H and O–H groups in total. The first kappa shape index (κ1) is 29.8. The number of fused-ring (bicyclic) bond motifs is 1. The lowest BCUT2D eigenvalue weighted by molar-refractivity contribution is -0.274. The number of hydrogen-bond donors (Lipinski definition) is 2. The van der Waals surface area contributed by atoms with Gasteiger partial charge in [0.15, 0.2) is 9.34 Å². The molecule has 0 saturated carbocycles. The number of carbonyl (C=O) groups is 2. The topological polar surface area (TPSA) is 157 Å². The molecule has 3 aromatic rings. The number of nitrogens with one attached hydrogen (secondary N) is 1. The summed E-state index contributed by atoms with van der Waals surface area (Å²) in [4.78, 5) is 37.4. The van der Waals surface area contributed by atoms with Crippen molar-refractivity contribution in [2.24, 2.45) is 0 Å². The van der Waals surface area contributed by atoms with Crippen molar-refractivity contribution < 1.29 is 40.7 Å². The molecule has 2 saturated heterocycles. The van der Waals surface area contributed by atoms with Crippen LogP contribution in [0.2, 0.25) is 0 Å². The number of alkyl halides is 3. The summed E-state index contributed by atoms with van der Waals surface area (Å²) < 4.78 is 77.5. The number of thiazole rings is 1. The standard InChI is InChI=1S/C25H27F3N6O6S2/c1-39-23(36)18(11-15-10-14-4-6-30-21(29)16(14)12-19(15)40-25(26,27)28)34-9-5-17(22(34)35)32-42(37,38)20-13-31-24(41-20)33-7-2-3-8-33/h4,6,10,12-13,17-18,32H,2-3,5,7-9,11H2,1H3,(H2,29,30)/t17-,18+/m0/s1. The third kappa shape index (κ3) is 6.22. The van der Waals surface area contributed by atoms with E-state index in [1.807, 2.05) is 4.90 Å². The highest BCUT2D eigenvalue weighted by Gasteiger charge is 2.42. The minimum absolute atomic E-state index is 0.0195. The minimum Gasteiger partial charge on any atom is -0.467 e. The van der Waals surface area contributed by atoms with E-state index in [-0.39, 0.29) is 33.9 Å². The Bertz CT molecular complexity index is 1610. The zero-order chi connectivity index (χ0) is 30.2. The summed E-state index contributed by atoms with van der Waals surface area (Å²) >= 11 is 0.993. The Morgan fingerprint density at radius 2 is 1.98 bits per heavy atom. The van der Waals surface area contributed by atoms with Crippen molar-refractivity contribution in [3.63, 3.8) is 0 Å². The number of likely N-dealkylation sites (tertiary alicyclic amines) is 1. The van der Waals surface area contributed by atoms with Crippen LogP contribution < -0.4 is 20.1 Å². The van der Waals surface area contributed by atoms with Crippen LogP contribution in [0.1, 0.15) is 24.8 Å². The Labute approximate surface area is 242 Å². The number of pyridine rings is 1. The number of amides is 1. The smallest absolute Gasteiger partial charge is 0.467 e. The fourth-order valence-corrected chi connectivity index (χ4v) is 7.52. The summed E-state index contributed by atoms with van der Waals surface area (Å²) in [5, 5.41) is 1.22. The Kier molecular flexibility index (Phi) is 8.17. The lowest BCUT2D eigenvalue weighted by Gasteiger charge is -2.27. The van der Waals surface area contributed by atoms with Crippen LogP contribution in [0, 0.1) is 0 Å². The van der Waals surface area contributed by atoms with Crippen molar-refractivity contribution in [3.05, 3.63) is 36.2 Å². The van der Waals surface area contributed by atoms with E-state index in [1.165, 1.54) is 24.5 Å². The first-order valence-electron chi connectivity index (χ1n) is 12.9. The number of aromatic nitrogens is 2. The van der Waals surface area contributed by atoms with E-state index in [9.17, 15) is 31.2 Å². The van der Waals surface area contributed by atoms with Gasteiger partial charge in [-0.1, -0.05) is 11.3 Å². The van der Waals surface area contributed by atoms with E-state index in [0.717, 1.165) is 55.3 Å². The van der Waals surface area contributed by atoms with Gasteiger partial charge in [-0.05, 0) is 48.4 Å². The lowest BCUT2D eigenvalue weighted by Crippen LogP contribution is -2.48. The van der Waals surface area contributed by atoms with Crippen molar-refractivity contribution in [2.45, 2.75) is 48.3 Å². The van der Waals surface area contributed by atoms with Crippen LogP contribution in [0.25, 0.3) is 10.8 Å². The zero-order valence-electron chi connectivity index (χ0n) is 22.3. The molecule has 5 rings (SSSR count). The van der Waals surface area contributed by atoms with Crippen LogP contribution in [0.15, 0.2) is 34.8 Å². The van der Waals surface area contributed by atoms with Gasteiger partial charge >= 0.3 is 12.3 Å². The normalized spacial score (nSPS) is 18.6. The molecule has 12 nitrogen and oxygen atoms in total. The Morgan fingerprint density at radius 3 is 2.67 bits per heavy atom. The molecule has 2 aromatic heterocycles. The Balaban J connectivity index is 1.39. The van der Waals surface area contributed by atoms with Gasteiger partial charge < -0.3 is 25.0 Å². The monoisotopic (exact) mass is 628 g/mol. The average Bonchev–Trinajstić information content (AvgIpc) is 3.69. The molecule has 2 aliphatic rings. The molecule has 2 aliphatic heterocycles. The fourth-order valence-electron chi connectivity index (χ4n) is 5.11. The van der Waals surface area contributed by atoms with Gasteiger partial charge in [0.05, 0.1) is 13.3 Å². The van der Waals surface area contributed by atoms with Gasteiger partial charge in [0.2, 0.25) is 5.91 Å². The van der Waals surface area contributed by atoms with Gasteiger partial charge in [0, 0.05) is 37.6 Å².